The van der Waals surface area contributed by atoms with Gasteiger partial charge in [-0.3, -0.25) is 9.59 Å². The van der Waals surface area contributed by atoms with Gasteiger partial charge >= 0.3 is 5.97 Å². The molecule has 27 heavy (non-hydrogen) atoms. The van der Waals surface area contributed by atoms with E-state index in [1.807, 2.05) is 0 Å². The summed E-state index contributed by atoms with van der Waals surface area (Å²) in [7, 11) is 0. The van der Waals surface area contributed by atoms with Crippen molar-refractivity contribution < 1.29 is 33.7 Å². The zero-order valence-electron chi connectivity index (χ0n) is 15.6. The maximum atomic E-state index is 13.3. The monoisotopic (exact) mass is 374 g/mol. The molecule has 2 aliphatic carbocycles. The van der Waals surface area contributed by atoms with Gasteiger partial charge in [-0.15, -0.1) is 0 Å². The molecule has 0 aromatic heterocycles. The van der Waals surface area contributed by atoms with Gasteiger partial charge in [-0.1, -0.05) is 12.1 Å². The third kappa shape index (κ3) is 2.28. The Morgan fingerprint density at radius 1 is 1.30 bits per heavy atom. The lowest BCUT2D eigenvalue weighted by atomic mass is 9.62. The van der Waals surface area contributed by atoms with E-state index in [4.69, 9.17) is 14.2 Å². The second-order valence-electron chi connectivity index (χ2n) is 8.15. The van der Waals surface area contributed by atoms with Crippen LogP contribution in [0.25, 0.3) is 0 Å². The number of aliphatic hydroxyl groups excluding tert-OH is 1. The summed E-state index contributed by atoms with van der Waals surface area (Å²) in [6, 6.07) is 4.97. The average molecular weight is 374 g/mol. The molecule has 1 saturated heterocycles. The highest BCUT2D eigenvalue weighted by Gasteiger charge is 2.72. The van der Waals surface area contributed by atoms with E-state index < -0.39 is 40.9 Å². The van der Waals surface area contributed by atoms with E-state index in [9.17, 15) is 19.5 Å². The van der Waals surface area contributed by atoms with E-state index in [1.165, 1.54) is 6.92 Å². The maximum absolute atomic E-state index is 13.3. The number of benzene rings is 1. The lowest BCUT2D eigenvalue weighted by Crippen LogP contribution is -2.67. The Balaban J connectivity index is 2.00. The number of carbonyl (C=O) groups is 3. The third-order valence-electron chi connectivity index (χ3n) is 5.94. The van der Waals surface area contributed by atoms with Crippen molar-refractivity contribution in [3.63, 3.8) is 0 Å². The van der Waals surface area contributed by atoms with Crippen LogP contribution in [-0.4, -0.2) is 40.6 Å². The molecule has 1 aromatic rings. The van der Waals surface area contributed by atoms with Crippen LogP contribution in [0.1, 0.15) is 50.0 Å². The number of aldehydes is 1. The number of ether oxygens (including phenoxy) is 3. The fourth-order valence-electron chi connectivity index (χ4n) is 5.33. The van der Waals surface area contributed by atoms with E-state index in [1.54, 1.807) is 39.0 Å². The molecule has 0 unspecified atom stereocenters. The number of fused-ring (bicyclic) bond motifs is 2. The fourth-order valence-corrected chi connectivity index (χ4v) is 5.33. The van der Waals surface area contributed by atoms with Gasteiger partial charge in [0.05, 0.1) is 11.7 Å². The molecule has 1 aromatic carbocycles. The number of Topliss-reactive ketones (excluding diaryl/α,β-unsaturated/α-hetero) is 1. The number of rotatable bonds is 2. The van der Waals surface area contributed by atoms with Crippen molar-refractivity contribution in [1.82, 2.24) is 0 Å². The second-order valence-corrected chi connectivity index (χ2v) is 8.15. The number of ketones is 1. The van der Waals surface area contributed by atoms with Crippen LogP contribution in [-0.2, 0) is 24.7 Å². The largest absolute Gasteiger partial charge is 0.426 e. The molecule has 1 aliphatic heterocycles. The zero-order chi connectivity index (χ0) is 19.8. The molecular weight excluding hydrogens is 352 g/mol. The van der Waals surface area contributed by atoms with Gasteiger partial charge in [0, 0.05) is 18.8 Å². The summed E-state index contributed by atoms with van der Waals surface area (Å²) < 4.78 is 17.5. The van der Waals surface area contributed by atoms with Gasteiger partial charge in [-0.2, -0.15) is 0 Å². The minimum Gasteiger partial charge on any atom is -0.426 e. The Morgan fingerprint density at radius 2 is 2.00 bits per heavy atom. The molecule has 2 fully saturated rings. The first-order valence-electron chi connectivity index (χ1n) is 8.96. The quantitative estimate of drug-likeness (QED) is 0.478. The number of aliphatic hydroxyl groups is 1. The van der Waals surface area contributed by atoms with Gasteiger partial charge in [-0.05, 0) is 38.8 Å². The van der Waals surface area contributed by atoms with Gasteiger partial charge in [-0.25, -0.2) is 0 Å². The lowest BCUT2D eigenvalue weighted by molar-refractivity contribution is -0.384. The van der Waals surface area contributed by atoms with Gasteiger partial charge in [0.1, 0.15) is 11.4 Å². The van der Waals surface area contributed by atoms with E-state index in [0.717, 1.165) is 0 Å². The highest BCUT2D eigenvalue weighted by molar-refractivity contribution is 6.05. The van der Waals surface area contributed by atoms with Crippen LogP contribution in [0.2, 0.25) is 0 Å². The maximum Gasteiger partial charge on any atom is 0.308 e. The Labute approximate surface area is 156 Å². The van der Waals surface area contributed by atoms with Gasteiger partial charge in [0.2, 0.25) is 0 Å². The van der Waals surface area contributed by atoms with Crippen molar-refractivity contribution in [2.45, 2.75) is 57.2 Å². The summed E-state index contributed by atoms with van der Waals surface area (Å²) in [5.41, 5.74) is -1.82. The Morgan fingerprint density at radius 3 is 2.63 bits per heavy atom. The SMILES string of the molecule is CC(=O)Oc1cccc2c1C(=O)[C@H]1C[C@H](O)[C@@]3(C=O)OC(C)(C)O[C@@]2(C)[C@H]13. The molecule has 1 heterocycles. The number of hydrogen-bond acceptors (Lipinski definition) is 7. The van der Waals surface area contributed by atoms with Gasteiger partial charge in [0.25, 0.3) is 0 Å². The third-order valence-corrected chi connectivity index (χ3v) is 5.94. The summed E-state index contributed by atoms with van der Waals surface area (Å²) in [6.07, 6.45) is -0.451. The molecular formula is C20H22O7. The molecule has 3 aliphatic rings. The molecule has 7 heteroatoms. The molecule has 0 amide bonds. The summed E-state index contributed by atoms with van der Waals surface area (Å²) in [5.74, 6) is -3.19. The van der Waals surface area contributed by atoms with E-state index in [-0.39, 0.29) is 23.5 Å². The van der Waals surface area contributed by atoms with Crippen LogP contribution in [0, 0.1) is 11.8 Å². The minimum atomic E-state index is -1.54. The number of hydrogen-bond donors (Lipinski definition) is 1. The van der Waals surface area contributed by atoms with Crippen molar-refractivity contribution in [1.29, 1.82) is 0 Å². The molecule has 1 saturated carbocycles. The fraction of sp³-hybridized carbons (Fsp3) is 0.550. The summed E-state index contributed by atoms with van der Waals surface area (Å²) in [4.78, 5) is 37.0. The van der Waals surface area contributed by atoms with Crippen molar-refractivity contribution in [2.24, 2.45) is 11.8 Å². The molecule has 144 valence electrons. The van der Waals surface area contributed by atoms with E-state index in [2.05, 4.69) is 0 Å². The Kier molecular flexibility index (Phi) is 3.70. The first kappa shape index (κ1) is 18.3. The highest BCUT2D eigenvalue weighted by Crippen LogP contribution is 2.62. The van der Waals surface area contributed by atoms with Crippen molar-refractivity contribution in [2.75, 3.05) is 0 Å². The molecule has 0 bridgehead atoms. The van der Waals surface area contributed by atoms with Crippen LogP contribution in [0.4, 0.5) is 0 Å². The smallest absolute Gasteiger partial charge is 0.308 e. The van der Waals surface area contributed by atoms with Crippen molar-refractivity contribution in [3.8, 4) is 5.75 Å². The van der Waals surface area contributed by atoms with Crippen LogP contribution >= 0.6 is 0 Å². The van der Waals surface area contributed by atoms with E-state index >= 15 is 0 Å². The average Bonchev–Trinajstić information content (AvgIpc) is 2.85. The second kappa shape index (κ2) is 5.47. The lowest BCUT2D eigenvalue weighted by Gasteiger charge is -2.57. The summed E-state index contributed by atoms with van der Waals surface area (Å²) in [6.45, 7) is 6.41. The van der Waals surface area contributed by atoms with Crippen LogP contribution in [0.3, 0.4) is 0 Å². The van der Waals surface area contributed by atoms with Gasteiger partial charge < -0.3 is 24.1 Å². The Hall–Kier alpha value is -2.09. The standard InChI is InChI=1S/C20H22O7/c1-10(22)25-13-7-5-6-12-15(13)16(24)11-8-14(23)20(9-21)17(11)19(12,4)26-18(2,3)27-20/h5-7,9,11,14,17,23H,8H2,1-4H3/t11-,14+,17+,19-,20-/m1/s1. The number of esters is 1. The minimum absolute atomic E-state index is 0.0745. The van der Waals surface area contributed by atoms with Crippen molar-refractivity contribution >= 4 is 18.0 Å². The van der Waals surface area contributed by atoms with Crippen molar-refractivity contribution in [3.05, 3.63) is 29.3 Å². The molecule has 4 rings (SSSR count). The predicted molar refractivity (Wildman–Crippen MR) is 92.1 cm³/mol. The molecule has 1 N–H and O–H groups in total. The zero-order valence-corrected chi connectivity index (χ0v) is 15.6. The Bertz CT molecular complexity index is 860. The van der Waals surface area contributed by atoms with Crippen LogP contribution < -0.4 is 4.74 Å². The highest BCUT2D eigenvalue weighted by atomic mass is 16.7. The first-order valence-corrected chi connectivity index (χ1v) is 8.96. The molecule has 0 spiro atoms. The van der Waals surface area contributed by atoms with Crippen LogP contribution in [0.5, 0.6) is 5.75 Å². The topological polar surface area (TPSA) is 99.1 Å². The van der Waals surface area contributed by atoms with E-state index in [0.29, 0.717) is 11.8 Å². The van der Waals surface area contributed by atoms with Crippen LogP contribution in [0.15, 0.2) is 18.2 Å². The number of carbonyl (C=O) groups excluding carboxylic acids is 3. The first-order chi connectivity index (χ1) is 12.6. The summed E-state index contributed by atoms with van der Waals surface area (Å²) >= 11 is 0. The molecule has 5 atom stereocenters. The van der Waals surface area contributed by atoms with Gasteiger partial charge in [0.15, 0.2) is 23.5 Å². The molecule has 7 nitrogen and oxygen atoms in total. The molecule has 0 radical (unpaired) electrons. The summed E-state index contributed by atoms with van der Waals surface area (Å²) in [5, 5.41) is 10.7. The normalized spacial score (nSPS) is 38.7. The predicted octanol–water partition coefficient (Wildman–Crippen LogP) is 1.74.